The van der Waals surface area contributed by atoms with Crippen molar-refractivity contribution in [3.05, 3.63) is 101 Å². The molecule has 1 atom stereocenters. The van der Waals surface area contributed by atoms with Crippen LogP contribution in [0.25, 0.3) is 16.6 Å². The van der Waals surface area contributed by atoms with Crippen LogP contribution in [0.4, 0.5) is 10.2 Å². The summed E-state index contributed by atoms with van der Waals surface area (Å²) in [5, 5.41) is 5.27. The zero-order valence-corrected chi connectivity index (χ0v) is 24.2. The minimum atomic E-state index is -0.276. The number of anilines is 1. The van der Waals surface area contributed by atoms with Gasteiger partial charge in [0.1, 0.15) is 23.5 Å². The number of hydrogen-bond donors (Lipinski definition) is 2. The van der Waals surface area contributed by atoms with Crippen LogP contribution in [-0.2, 0) is 4.74 Å². The lowest BCUT2D eigenvalue weighted by molar-refractivity contribution is 0.103. The number of halogens is 1. The summed E-state index contributed by atoms with van der Waals surface area (Å²) in [5.74, 6) is 0.790. The lowest BCUT2D eigenvalue weighted by Gasteiger charge is -2.34. The highest BCUT2D eigenvalue weighted by molar-refractivity contribution is 6.12. The summed E-state index contributed by atoms with van der Waals surface area (Å²) in [4.78, 5) is 19.1. The van der Waals surface area contributed by atoms with Gasteiger partial charge in [0.2, 0.25) is 5.78 Å². The van der Waals surface area contributed by atoms with E-state index in [1.165, 1.54) is 12.3 Å². The molecule has 7 nitrogen and oxygen atoms in total. The Kier molecular flexibility index (Phi) is 7.98. The third-order valence-corrected chi connectivity index (χ3v) is 8.51. The molecule has 42 heavy (non-hydrogen) atoms. The number of nitrogens with two attached hydrogens (primary N) is 1. The second kappa shape index (κ2) is 12.0. The number of ether oxygens (including phenoxy) is 1. The Morgan fingerprint density at radius 1 is 1.12 bits per heavy atom. The molecule has 8 heteroatoms. The van der Waals surface area contributed by atoms with E-state index in [4.69, 9.17) is 10.5 Å². The minimum Gasteiger partial charge on any atom is -0.487 e. The lowest BCUT2D eigenvalue weighted by Crippen LogP contribution is -2.37. The highest BCUT2D eigenvalue weighted by Gasteiger charge is 2.26. The van der Waals surface area contributed by atoms with Gasteiger partial charge in [-0.3, -0.25) is 4.79 Å². The fourth-order valence-electron chi connectivity index (χ4n) is 6.06. The number of allylic oxidation sites excluding steroid dienone is 8. The zero-order chi connectivity index (χ0) is 29.2. The molecule has 3 aromatic rings. The van der Waals surface area contributed by atoms with Gasteiger partial charge < -0.3 is 20.4 Å². The quantitative estimate of drug-likeness (QED) is 0.304. The Morgan fingerprint density at radius 3 is 2.76 bits per heavy atom. The van der Waals surface area contributed by atoms with Crippen molar-refractivity contribution < 1.29 is 13.9 Å². The first kappa shape index (κ1) is 28.0. The molecule has 1 saturated heterocycles. The second-order valence-electron chi connectivity index (χ2n) is 11.6. The number of nitrogens with one attached hydrogen (secondary N) is 1. The average molecular weight is 568 g/mol. The number of likely N-dealkylation sites (tertiary alicyclic amines) is 1. The van der Waals surface area contributed by atoms with Gasteiger partial charge in [-0.15, -0.1) is 0 Å². The van der Waals surface area contributed by atoms with Gasteiger partial charge in [-0.1, -0.05) is 24.3 Å². The monoisotopic (exact) mass is 567 g/mol. The topological polar surface area (TPSA) is 89.2 Å². The number of aromatic nitrogens is 3. The van der Waals surface area contributed by atoms with E-state index in [-0.39, 0.29) is 29.4 Å². The molecule has 0 spiro atoms. The Morgan fingerprint density at radius 2 is 1.95 bits per heavy atom. The van der Waals surface area contributed by atoms with Crippen molar-refractivity contribution in [2.24, 2.45) is 0 Å². The van der Waals surface area contributed by atoms with Crippen LogP contribution in [-0.4, -0.2) is 50.7 Å². The van der Waals surface area contributed by atoms with Crippen molar-refractivity contribution in [2.75, 3.05) is 18.8 Å². The predicted molar refractivity (Wildman–Crippen MR) is 166 cm³/mol. The molecule has 1 unspecified atom stereocenters. The summed E-state index contributed by atoms with van der Waals surface area (Å²) >= 11 is 0. The van der Waals surface area contributed by atoms with E-state index in [9.17, 15) is 4.79 Å². The summed E-state index contributed by atoms with van der Waals surface area (Å²) in [6.45, 7) is 6.33. The third-order valence-electron chi connectivity index (χ3n) is 8.51. The van der Waals surface area contributed by atoms with Gasteiger partial charge in [-0.05, 0) is 113 Å². The summed E-state index contributed by atoms with van der Waals surface area (Å²) < 4.78 is 23.0. The molecule has 0 bridgehead atoms. The SMILES string of the molecule is CC(C)N1CCC(c2cc3cc(C(=O)c4cnn(C5=CCCC(OC6=CCC=CC=C6)C=C5)c4N)[nH]c3cc2F)CC1. The number of nitrogens with zero attached hydrogens (tertiary/aromatic N) is 3. The Hall–Kier alpha value is -4.17. The molecule has 1 aromatic carbocycles. The van der Waals surface area contributed by atoms with Gasteiger partial charge in [0.15, 0.2) is 0 Å². The van der Waals surface area contributed by atoms with Crippen LogP contribution in [0.1, 0.15) is 73.5 Å². The molecule has 2 aliphatic carbocycles. The van der Waals surface area contributed by atoms with Crippen LogP contribution >= 0.6 is 0 Å². The number of ketones is 1. The first-order valence-corrected chi connectivity index (χ1v) is 14.9. The molecule has 1 fully saturated rings. The normalized spacial score (nSPS) is 20.0. The molecule has 0 amide bonds. The van der Waals surface area contributed by atoms with E-state index >= 15 is 4.39 Å². The molecule has 1 aliphatic heterocycles. The van der Waals surface area contributed by atoms with Crippen LogP contribution in [0, 0.1) is 5.82 Å². The van der Waals surface area contributed by atoms with Gasteiger partial charge in [0.05, 0.1) is 23.2 Å². The number of aromatic amines is 1. The van der Waals surface area contributed by atoms with Crippen LogP contribution in [0.2, 0.25) is 0 Å². The Balaban J connectivity index is 1.18. The van der Waals surface area contributed by atoms with Gasteiger partial charge in [-0.2, -0.15) is 5.10 Å². The fourth-order valence-corrected chi connectivity index (χ4v) is 6.06. The van der Waals surface area contributed by atoms with E-state index in [2.05, 4.69) is 47.1 Å². The van der Waals surface area contributed by atoms with E-state index < -0.39 is 0 Å². The van der Waals surface area contributed by atoms with Crippen molar-refractivity contribution in [1.82, 2.24) is 19.7 Å². The van der Waals surface area contributed by atoms with Gasteiger partial charge in [0, 0.05) is 16.9 Å². The number of piperidine rings is 1. The molecule has 2 aromatic heterocycles. The van der Waals surface area contributed by atoms with E-state index in [1.54, 1.807) is 10.7 Å². The highest BCUT2D eigenvalue weighted by atomic mass is 19.1. The molecule has 218 valence electrons. The first-order valence-electron chi connectivity index (χ1n) is 14.9. The number of carbonyl (C=O) groups is 1. The first-order chi connectivity index (χ1) is 20.4. The Bertz CT molecular complexity index is 1630. The minimum absolute atomic E-state index is 0.0787. The van der Waals surface area contributed by atoms with Crippen LogP contribution in [0.15, 0.2) is 78.8 Å². The number of rotatable bonds is 7. The number of carbonyl (C=O) groups excluding carboxylic acids is 1. The highest BCUT2D eigenvalue weighted by Crippen LogP contribution is 2.34. The number of hydrogen-bond acceptors (Lipinski definition) is 5. The van der Waals surface area contributed by atoms with Crippen LogP contribution in [0.5, 0.6) is 0 Å². The molecule has 6 rings (SSSR count). The molecule has 0 radical (unpaired) electrons. The third kappa shape index (κ3) is 5.77. The molecule has 0 saturated carbocycles. The van der Waals surface area contributed by atoms with Crippen LogP contribution in [0.3, 0.4) is 0 Å². The van der Waals surface area contributed by atoms with Gasteiger partial charge >= 0.3 is 0 Å². The maximum absolute atomic E-state index is 15.2. The fraction of sp³-hybridized carbons (Fsp3) is 0.353. The predicted octanol–water partition coefficient (Wildman–Crippen LogP) is 6.88. The van der Waals surface area contributed by atoms with Crippen molar-refractivity contribution in [3.8, 4) is 0 Å². The number of nitrogen functional groups attached to an aromatic ring is 1. The van der Waals surface area contributed by atoms with E-state index in [0.29, 0.717) is 22.8 Å². The van der Waals surface area contributed by atoms with Crippen molar-refractivity contribution in [3.63, 3.8) is 0 Å². The second-order valence-corrected chi connectivity index (χ2v) is 11.6. The summed E-state index contributed by atoms with van der Waals surface area (Å²) in [5.41, 5.74) is 9.25. The van der Waals surface area contributed by atoms with Crippen molar-refractivity contribution >= 4 is 28.2 Å². The van der Waals surface area contributed by atoms with E-state index in [1.807, 2.05) is 36.4 Å². The number of benzene rings is 1. The molecular formula is C34H38FN5O2. The zero-order valence-electron chi connectivity index (χ0n) is 24.2. The molecule has 3 heterocycles. The summed E-state index contributed by atoms with van der Waals surface area (Å²) in [6, 6.07) is 5.70. The molecular weight excluding hydrogens is 529 g/mol. The smallest absolute Gasteiger partial charge is 0.214 e. The van der Waals surface area contributed by atoms with Crippen molar-refractivity contribution in [2.45, 2.75) is 64.0 Å². The maximum atomic E-state index is 15.2. The summed E-state index contributed by atoms with van der Waals surface area (Å²) in [7, 11) is 0. The van der Waals surface area contributed by atoms with Crippen molar-refractivity contribution in [1.29, 1.82) is 0 Å². The molecule has 3 N–H and O–H groups in total. The van der Waals surface area contributed by atoms with E-state index in [0.717, 1.165) is 67.6 Å². The summed E-state index contributed by atoms with van der Waals surface area (Å²) in [6.07, 6.45) is 21.8. The standard InChI is InChI=1S/C34H38FN5O2/c1-22(2)39-16-14-23(15-17-39)28-18-24-19-32(38-31(24)20-30(28)35)33(41)29-21-37-40(34(29)36)25-8-7-11-27(13-12-25)42-26-9-5-3-4-6-10-26/h3-5,8-10,12-13,18-23,27,38H,6-7,11,14-17,36H2,1-2H3. The molecule has 3 aliphatic rings. The number of fused-ring (bicyclic) bond motifs is 1. The maximum Gasteiger partial charge on any atom is 0.214 e. The van der Waals surface area contributed by atoms with Crippen LogP contribution < -0.4 is 5.73 Å². The van der Waals surface area contributed by atoms with Gasteiger partial charge in [0.25, 0.3) is 0 Å². The number of H-pyrrole nitrogens is 1. The largest absolute Gasteiger partial charge is 0.487 e. The average Bonchev–Trinajstić information content (AvgIpc) is 3.36. The Labute approximate surface area is 245 Å². The van der Waals surface area contributed by atoms with Gasteiger partial charge in [-0.25, -0.2) is 9.07 Å². The lowest BCUT2D eigenvalue weighted by atomic mass is 9.88.